The van der Waals surface area contributed by atoms with Gasteiger partial charge in [0, 0.05) is 49.8 Å². The second kappa shape index (κ2) is 6.76. The zero-order valence-corrected chi connectivity index (χ0v) is 13.8. The first-order valence-corrected chi connectivity index (χ1v) is 8.36. The van der Waals surface area contributed by atoms with Gasteiger partial charge < -0.3 is 9.80 Å². The summed E-state index contributed by atoms with van der Waals surface area (Å²) < 4.78 is 0. The molecule has 1 N–H and O–H groups in total. The van der Waals surface area contributed by atoms with Gasteiger partial charge in [-0.05, 0) is 30.3 Å². The molecule has 126 valence electrons. The second-order valence-corrected chi connectivity index (χ2v) is 6.02. The van der Waals surface area contributed by atoms with E-state index >= 15 is 0 Å². The average Bonchev–Trinajstić information content (AvgIpc) is 3.19. The molecule has 0 spiro atoms. The highest BCUT2D eigenvalue weighted by Crippen LogP contribution is 2.19. The Hall–Kier alpha value is -3.15. The number of hydrogen-bond donors (Lipinski definition) is 1. The van der Waals surface area contributed by atoms with Gasteiger partial charge in [-0.25, -0.2) is 0 Å². The van der Waals surface area contributed by atoms with E-state index in [2.05, 4.69) is 32.2 Å². The summed E-state index contributed by atoms with van der Waals surface area (Å²) >= 11 is 0. The molecule has 0 aliphatic carbocycles. The van der Waals surface area contributed by atoms with Gasteiger partial charge in [-0.3, -0.25) is 14.9 Å². The summed E-state index contributed by atoms with van der Waals surface area (Å²) in [6.45, 7) is 3.08. The van der Waals surface area contributed by atoms with Gasteiger partial charge in [-0.2, -0.15) is 5.10 Å². The van der Waals surface area contributed by atoms with E-state index in [1.807, 2.05) is 35.2 Å². The molecule has 3 heterocycles. The summed E-state index contributed by atoms with van der Waals surface area (Å²) in [7, 11) is 0. The summed E-state index contributed by atoms with van der Waals surface area (Å²) in [4.78, 5) is 20.9. The Bertz CT molecular complexity index is 839. The molecule has 6 heteroatoms. The molecule has 1 amide bonds. The van der Waals surface area contributed by atoms with E-state index in [1.54, 1.807) is 18.5 Å². The fraction of sp³-hybridized carbons (Fsp3) is 0.211. The second-order valence-electron chi connectivity index (χ2n) is 6.02. The van der Waals surface area contributed by atoms with Gasteiger partial charge in [0.05, 0.1) is 5.69 Å². The largest absolute Gasteiger partial charge is 0.368 e. The van der Waals surface area contributed by atoms with Gasteiger partial charge in [0.25, 0.3) is 5.91 Å². The van der Waals surface area contributed by atoms with Crippen LogP contribution < -0.4 is 4.90 Å². The highest BCUT2D eigenvalue weighted by molar-refractivity contribution is 5.93. The van der Waals surface area contributed by atoms with Crippen molar-refractivity contribution in [1.29, 1.82) is 0 Å². The number of pyridine rings is 1. The quantitative estimate of drug-likeness (QED) is 0.799. The van der Waals surface area contributed by atoms with Gasteiger partial charge in [0.1, 0.15) is 5.69 Å². The maximum atomic E-state index is 12.7. The first-order valence-electron chi connectivity index (χ1n) is 8.36. The molecule has 1 aromatic carbocycles. The zero-order valence-electron chi connectivity index (χ0n) is 13.8. The molecule has 4 rings (SSSR count). The number of carbonyl (C=O) groups is 1. The summed E-state index contributed by atoms with van der Waals surface area (Å²) in [5, 5.41) is 7.12. The van der Waals surface area contributed by atoms with Crippen LogP contribution in [0.2, 0.25) is 0 Å². The van der Waals surface area contributed by atoms with Crippen LogP contribution in [0, 0.1) is 0 Å². The molecular formula is C19H19N5O. The van der Waals surface area contributed by atoms with Crippen LogP contribution in [0.15, 0.2) is 60.9 Å². The number of aromatic nitrogens is 3. The lowest BCUT2D eigenvalue weighted by atomic mass is 10.2. The highest BCUT2D eigenvalue weighted by atomic mass is 16.2. The number of hydrogen-bond acceptors (Lipinski definition) is 4. The highest BCUT2D eigenvalue weighted by Gasteiger charge is 2.23. The standard InChI is InChI=1S/C19H19N5O/c25-19(18-14-17(21-22-18)15-6-8-20-9-7-15)24-12-10-23(11-13-24)16-4-2-1-3-5-16/h1-9,14H,10-13H2,(H,21,22). The van der Waals surface area contributed by atoms with Crippen LogP contribution in [0.1, 0.15) is 10.5 Å². The lowest BCUT2D eigenvalue weighted by molar-refractivity contribution is 0.0741. The lowest BCUT2D eigenvalue weighted by Gasteiger charge is -2.35. The van der Waals surface area contributed by atoms with Gasteiger partial charge in [-0.15, -0.1) is 0 Å². The van der Waals surface area contributed by atoms with Crippen molar-refractivity contribution in [2.75, 3.05) is 31.1 Å². The predicted octanol–water partition coefficient (Wildman–Crippen LogP) is 2.43. The molecule has 0 atom stereocenters. The molecule has 1 saturated heterocycles. The topological polar surface area (TPSA) is 65.1 Å². The third-order valence-electron chi connectivity index (χ3n) is 4.47. The third-order valence-corrected chi connectivity index (χ3v) is 4.47. The number of carbonyl (C=O) groups excluding carboxylic acids is 1. The van der Waals surface area contributed by atoms with Crippen molar-refractivity contribution in [2.45, 2.75) is 0 Å². The van der Waals surface area contributed by atoms with Crippen LogP contribution >= 0.6 is 0 Å². The fourth-order valence-electron chi connectivity index (χ4n) is 3.08. The Balaban J connectivity index is 1.42. The summed E-state index contributed by atoms with van der Waals surface area (Å²) in [5.41, 5.74) is 3.43. The maximum Gasteiger partial charge on any atom is 0.272 e. The Morgan fingerprint density at radius 1 is 0.960 bits per heavy atom. The molecule has 0 unspecified atom stereocenters. The van der Waals surface area contributed by atoms with E-state index in [-0.39, 0.29) is 5.91 Å². The van der Waals surface area contributed by atoms with E-state index in [4.69, 9.17) is 0 Å². The van der Waals surface area contributed by atoms with Crippen molar-refractivity contribution in [3.8, 4) is 11.3 Å². The van der Waals surface area contributed by atoms with Crippen molar-refractivity contribution in [2.24, 2.45) is 0 Å². The van der Waals surface area contributed by atoms with Crippen LogP contribution in [0.4, 0.5) is 5.69 Å². The number of para-hydroxylation sites is 1. The Kier molecular flexibility index (Phi) is 4.16. The van der Waals surface area contributed by atoms with E-state index in [0.29, 0.717) is 18.8 Å². The van der Waals surface area contributed by atoms with Crippen molar-refractivity contribution in [1.82, 2.24) is 20.1 Å². The van der Waals surface area contributed by atoms with E-state index in [0.717, 1.165) is 24.3 Å². The van der Waals surface area contributed by atoms with Gasteiger partial charge in [0.15, 0.2) is 0 Å². The Morgan fingerprint density at radius 2 is 1.68 bits per heavy atom. The number of piperazine rings is 1. The number of benzene rings is 1. The Morgan fingerprint density at radius 3 is 2.40 bits per heavy atom. The molecule has 0 radical (unpaired) electrons. The van der Waals surface area contributed by atoms with Gasteiger partial charge >= 0.3 is 0 Å². The third kappa shape index (κ3) is 3.24. The minimum absolute atomic E-state index is 0.000479. The summed E-state index contributed by atoms with van der Waals surface area (Å²) in [6.07, 6.45) is 3.43. The van der Waals surface area contributed by atoms with E-state index in [9.17, 15) is 4.79 Å². The average molecular weight is 333 g/mol. The number of nitrogens with one attached hydrogen (secondary N) is 1. The van der Waals surface area contributed by atoms with Crippen LogP contribution in [0.3, 0.4) is 0 Å². The molecule has 3 aromatic rings. The first kappa shape index (κ1) is 15.4. The summed E-state index contributed by atoms with van der Waals surface area (Å²) in [6, 6.07) is 15.9. The smallest absolute Gasteiger partial charge is 0.272 e. The van der Waals surface area contributed by atoms with Crippen molar-refractivity contribution in [3.05, 3.63) is 66.6 Å². The molecule has 0 saturated carbocycles. The first-order chi connectivity index (χ1) is 12.3. The molecule has 6 nitrogen and oxygen atoms in total. The van der Waals surface area contributed by atoms with Gasteiger partial charge in [-0.1, -0.05) is 18.2 Å². The number of aromatic amines is 1. The number of nitrogens with zero attached hydrogens (tertiary/aromatic N) is 4. The monoisotopic (exact) mass is 333 g/mol. The number of rotatable bonds is 3. The van der Waals surface area contributed by atoms with E-state index in [1.165, 1.54) is 5.69 Å². The molecule has 25 heavy (non-hydrogen) atoms. The number of amides is 1. The lowest BCUT2D eigenvalue weighted by Crippen LogP contribution is -2.48. The summed E-state index contributed by atoms with van der Waals surface area (Å²) in [5.74, 6) is 0.000479. The zero-order chi connectivity index (χ0) is 17.1. The number of H-pyrrole nitrogens is 1. The van der Waals surface area contributed by atoms with Crippen LogP contribution in [-0.2, 0) is 0 Å². The van der Waals surface area contributed by atoms with Gasteiger partial charge in [0.2, 0.25) is 0 Å². The molecule has 1 aliphatic heterocycles. The molecular weight excluding hydrogens is 314 g/mol. The van der Waals surface area contributed by atoms with Crippen LogP contribution in [0.5, 0.6) is 0 Å². The van der Waals surface area contributed by atoms with Crippen molar-refractivity contribution in [3.63, 3.8) is 0 Å². The Labute approximate surface area is 146 Å². The van der Waals surface area contributed by atoms with Crippen LogP contribution in [0.25, 0.3) is 11.3 Å². The van der Waals surface area contributed by atoms with E-state index < -0.39 is 0 Å². The maximum absolute atomic E-state index is 12.7. The predicted molar refractivity (Wildman–Crippen MR) is 96.4 cm³/mol. The minimum Gasteiger partial charge on any atom is -0.368 e. The molecule has 2 aromatic heterocycles. The normalized spacial score (nSPS) is 14.6. The molecule has 0 bridgehead atoms. The molecule has 1 aliphatic rings. The molecule has 1 fully saturated rings. The van der Waals surface area contributed by atoms with Crippen LogP contribution in [-0.4, -0.2) is 52.2 Å². The van der Waals surface area contributed by atoms with Crippen molar-refractivity contribution >= 4 is 11.6 Å². The minimum atomic E-state index is 0.000479. The fourth-order valence-corrected chi connectivity index (χ4v) is 3.08. The SMILES string of the molecule is O=C(c1cc(-c2ccncc2)n[nH]1)N1CCN(c2ccccc2)CC1. The van der Waals surface area contributed by atoms with Crippen molar-refractivity contribution < 1.29 is 4.79 Å². The number of anilines is 1.